The average molecular weight is 553 g/mol. The van der Waals surface area contributed by atoms with Gasteiger partial charge in [0.2, 0.25) is 0 Å². The molecule has 0 amide bonds. The summed E-state index contributed by atoms with van der Waals surface area (Å²) in [6.07, 6.45) is 0. The van der Waals surface area contributed by atoms with Crippen LogP contribution in [0, 0.1) is 3.57 Å². The van der Waals surface area contributed by atoms with Crippen molar-refractivity contribution in [2.45, 2.75) is 0 Å². The van der Waals surface area contributed by atoms with E-state index in [2.05, 4.69) is 149 Å². The highest BCUT2D eigenvalue weighted by Gasteiger charge is 2.12. The summed E-state index contributed by atoms with van der Waals surface area (Å²) in [6.45, 7) is 0. The summed E-state index contributed by atoms with van der Waals surface area (Å²) < 4.78 is 3.97. The van der Waals surface area contributed by atoms with E-state index in [0.717, 1.165) is 17.1 Å². The third-order valence-electron chi connectivity index (χ3n) is 5.92. The molecule has 1 nitrogen and oxygen atoms in total. The van der Waals surface area contributed by atoms with Crippen LogP contribution in [-0.2, 0) is 0 Å². The Kier molecular flexibility index (Phi) is 5.36. The lowest BCUT2D eigenvalue weighted by Crippen LogP contribution is -2.09. The van der Waals surface area contributed by atoms with Crippen LogP contribution in [0.25, 0.3) is 31.3 Å². The number of hydrogen-bond donors (Lipinski definition) is 0. The molecule has 1 aromatic heterocycles. The van der Waals surface area contributed by atoms with Crippen molar-refractivity contribution in [2.24, 2.45) is 0 Å². The first-order valence-electron chi connectivity index (χ1n) is 10.9. The molecule has 0 saturated heterocycles. The maximum absolute atomic E-state index is 2.39. The Balaban J connectivity index is 1.39. The van der Waals surface area contributed by atoms with Crippen molar-refractivity contribution < 1.29 is 0 Å². The quantitative estimate of drug-likeness (QED) is 0.197. The van der Waals surface area contributed by atoms with Crippen LogP contribution in [0.3, 0.4) is 0 Å². The van der Waals surface area contributed by atoms with Gasteiger partial charge in [0.15, 0.2) is 0 Å². The highest BCUT2D eigenvalue weighted by molar-refractivity contribution is 14.1. The van der Waals surface area contributed by atoms with Crippen LogP contribution in [0.1, 0.15) is 0 Å². The van der Waals surface area contributed by atoms with Crippen molar-refractivity contribution in [3.63, 3.8) is 0 Å². The van der Waals surface area contributed by atoms with Gasteiger partial charge in [0, 0.05) is 40.8 Å². The lowest BCUT2D eigenvalue weighted by Gasteiger charge is -2.25. The fourth-order valence-corrected chi connectivity index (χ4v) is 6.22. The van der Waals surface area contributed by atoms with E-state index in [1.165, 1.54) is 34.9 Å². The summed E-state index contributed by atoms with van der Waals surface area (Å²) in [7, 11) is 0. The predicted octanol–water partition coefficient (Wildman–Crippen LogP) is 9.80. The Hall–Kier alpha value is -3.15. The molecule has 1 heterocycles. The van der Waals surface area contributed by atoms with Crippen molar-refractivity contribution in [1.29, 1.82) is 0 Å². The molecule has 0 radical (unpaired) electrons. The summed E-state index contributed by atoms with van der Waals surface area (Å²) >= 11 is 4.26. The van der Waals surface area contributed by atoms with E-state index in [-0.39, 0.29) is 0 Å². The minimum Gasteiger partial charge on any atom is -0.311 e. The topological polar surface area (TPSA) is 3.24 Å². The van der Waals surface area contributed by atoms with Gasteiger partial charge in [0.1, 0.15) is 0 Å². The van der Waals surface area contributed by atoms with Gasteiger partial charge in [0.25, 0.3) is 0 Å². The molecule has 0 fully saturated rings. The van der Waals surface area contributed by atoms with Gasteiger partial charge in [-0.2, -0.15) is 0 Å². The molecule has 0 spiro atoms. The number of rotatable bonds is 4. The first-order valence-corrected chi connectivity index (χ1v) is 12.8. The van der Waals surface area contributed by atoms with Crippen LogP contribution in [0.4, 0.5) is 17.1 Å². The largest absolute Gasteiger partial charge is 0.311 e. The molecular formula is C30H20INS. The third-order valence-corrected chi connectivity index (χ3v) is 7.71. The van der Waals surface area contributed by atoms with Gasteiger partial charge in [-0.15, -0.1) is 11.3 Å². The fraction of sp³-hybridized carbons (Fsp3) is 0. The second kappa shape index (κ2) is 8.65. The molecule has 0 atom stereocenters. The lowest BCUT2D eigenvalue weighted by atomic mass is 10.0. The van der Waals surface area contributed by atoms with Crippen molar-refractivity contribution >= 4 is 71.2 Å². The van der Waals surface area contributed by atoms with Gasteiger partial charge in [-0.25, -0.2) is 0 Å². The maximum Gasteiger partial charge on any atom is 0.0462 e. The Labute approximate surface area is 211 Å². The zero-order valence-electron chi connectivity index (χ0n) is 17.8. The van der Waals surface area contributed by atoms with E-state index in [1.54, 1.807) is 0 Å². The number of hydrogen-bond acceptors (Lipinski definition) is 2. The smallest absolute Gasteiger partial charge is 0.0462 e. The van der Waals surface area contributed by atoms with E-state index in [1.807, 2.05) is 11.3 Å². The van der Waals surface area contributed by atoms with Gasteiger partial charge < -0.3 is 4.90 Å². The van der Waals surface area contributed by atoms with E-state index >= 15 is 0 Å². The van der Waals surface area contributed by atoms with Crippen LogP contribution < -0.4 is 4.90 Å². The molecule has 5 aromatic carbocycles. The van der Waals surface area contributed by atoms with Crippen LogP contribution in [-0.4, -0.2) is 0 Å². The molecule has 0 N–H and O–H groups in total. The standard InChI is InChI=1S/C30H20INS/c31-23-14-18-28-27-17-13-22(19-29(27)33-30(28)20-23)21-11-15-26(16-12-21)32(24-7-3-1-4-8-24)25-9-5-2-6-10-25/h1-20H. The number of benzene rings is 5. The zero-order chi connectivity index (χ0) is 22.2. The normalized spacial score (nSPS) is 11.2. The number of para-hydroxylation sites is 2. The Morgan fingerprint density at radius 3 is 1.64 bits per heavy atom. The SMILES string of the molecule is Ic1ccc2c(c1)sc1cc(-c3ccc(N(c4ccccc4)c4ccccc4)cc3)ccc12. The Morgan fingerprint density at radius 2 is 1.00 bits per heavy atom. The summed E-state index contributed by atoms with van der Waals surface area (Å²) in [5.74, 6) is 0. The molecule has 0 aliphatic carbocycles. The first kappa shape index (κ1) is 20.5. The van der Waals surface area contributed by atoms with Gasteiger partial charge in [0.05, 0.1) is 0 Å². The Bertz CT molecular complexity index is 1510. The molecule has 3 heteroatoms. The number of halogens is 1. The van der Waals surface area contributed by atoms with Gasteiger partial charge in [-0.3, -0.25) is 0 Å². The number of thiophene rings is 1. The van der Waals surface area contributed by atoms with E-state index in [9.17, 15) is 0 Å². The number of nitrogens with zero attached hydrogens (tertiary/aromatic N) is 1. The molecular weight excluding hydrogens is 533 g/mol. The summed E-state index contributed by atoms with van der Waals surface area (Å²) in [4.78, 5) is 2.29. The van der Waals surface area contributed by atoms with Crippen molar-refractivity contribution in [1.82, 2.24) is 0 Å². The predicted molar refractivity (Wildman–Crippen MR) is 152 cm³/mol. The second-order valence-electron chi connectivity index (χ2n) is 8.01. The zero-order valence-corrected chi connectivity index (χ0v) is 20.8. The second-order valence-corrected chi connectivity index (χ2v) is 10.3. The summed E-state index contributed by atoms with van der Waals surface area (Å²) in [5, 5.41) is 2.68. The molecule has 6 rings (SSSR count). The minimum absolute atomic E-state index is 1.15. The van der Waals surface area contributed by atoms with Crippen LogP contribution in [0.15, 0.2) is 121 Å². The Morgan fingerprint density at radius 1 is 0.485 bits per heavy atom. The van der Waals surface area contributed by atoms with Gasteiger partial charge in [-0.05, 0) is 88.3 Å². The molecule has 6 aromatic rings. The van der Waals surface area contributed by atoms with Crippen LogP contribution in [0.5, 0.6) is 0 Å². The molecule has 33 heavy (non-hydrogen) atoms. The number of fused-ring (bicyclic) bond motifs is 3. The lowest BCUT2D eigenvalue weighted by molar-refractivity contribution is 1.28. The highest BCUT2D eigenvalue weighted by atomic mass is 127. The highest BCUT2D eigenvalue weighted by Crippen LogP contribution is 2.38. The fourth-order valence-electron chi connectivity index (χ4n) is 4.33. The van der Waals surface area contributed by atoms with Gasteiger partial charge in [-0.1, -0.05) is 66.7 Å². The van der Waals surface area contributed by atoms with Gasteiger partial charge >= 0.3 is 0 Å². The van der Waals surface area contributed by atoms with E-state index in [4.69, 9.17) is 0 Å². The van der Waals surface area contributed by atoms with Crippen LogP contribution >= 0.6 is 33.9 Å². The average Bonchev–Trinajstić information content (AvgIpc) is 3.22. The van der Waals surface area contributed by atoms with Crippen molar-refractivity contribution in [2.75, 3.05) is 4.90 Å². The van der Waals surface area contributed by atoms with Crippen molar-refractivity contribution in [3.05, 3.63) is 125 Å². The maximum atomic E-state index is 2.39. The first-order chi connectivity index (χ1) is 16.3. The summed E-state index contributed by atoms with van der Waals surface area (Å²) in [6, 6.07) is 43.5. The van der Waals surface area contributed by atoms with Crippen molar-refractivity contribution in [3.8, 4) is 11.1 Å². The summed E-state index contributed by atoms with van der Waals surface area (Å²) in [5.41, 5.74) is 5.93. The van der Waals surface area contributed by atoms with Crippen LogP contribution in [0.2, 0.25) is 0 Å². The number of anilines is 3. The minimum atomic E-state index is 1.15. The molecule has 0 saturated carbocycles. The third kappa shape index (κ3) is 3.92. The molecule has 158 valence electrons. The molecule has 0 aliphatic heterocycles. The molecule has 0 unspecified atom stereocenters. The monoisotopic (exact) mass is 553 g/mol. The molecule has 0 aliphatic rings. The molecule has 0 bridgehead atoms. The van der Waals surface area contributed by atoms with E-state index in [0.29, 0.717) is 0 Å². The van der Waals surface area contributed by atoms with E-state index < -0.39 is 0 Å².